The summed E-state index contributed by atoms with van der Waals surface area (Å²) < 4.78 is 6.72. The van der Waals surface area contributed by atoms with E-state index in [1.807, 2.05) is 11.4 Å². The number of rotatable bonds is 3. The summed E-state index contributed by atoms with van der Waals surface area (Å²) in [6.07, 6.45) is 0. The highest BCUT2D eigenvalue weighted by Gasteiger charge is 2.05. The van der Waals surface area contributed by atoms with E-state index in [1.165, 1.54) is 0 Å². The van der Waals surface area contributed by atoms with E-state index < -0.39 is 0 Å². The number of phenolic OH excluding ortho intramolecular Hbond substituents is 2. The molecule has 0 unspecified atom stereocenters. The number of phenols is 2. The number of aromatic hydroxyl groups is 2. The average molecular weight is 272 g/mol. The minimum atomic E-state index is 0.226. The van der Waals surface area contributed by atoms with Gasteiger partial charge in [0.25, 0.3) is 0 Å². The van der Waals surface area contributed by atoms with Crippen molar-refractivity contribution in [1.82, 2.24) is 0 Å². The Morgan fingerprint density at radius 1 is 0.947 bits per heavy atom. The molecule has 2 aromatic carbocycles. The smallest absolute Gasteiger partial charge is 0.120 e. The molecule has 0 saturated heterocycles. The van der Waals surface area contributed by atoms with Gasteiger partial charge in [0, 0.05) is 10.3 Å². The zero-order valence-corrected chi connectivity index (χ0v) is 10.9. The van der Waals surface area contributed by atoms with E-state index in [2.05, 4.69) is 0 Å². The summed E-state index contributed by atoms with van der Waals surface area (Å²) in [6, 6.07) is 12.0. The van der Waals surface area contributed by atoms with E-state index in [9.17, 15) is 10.2 Å². The fraction of sp³-hybridized carbons (Fsp3) is 0.0667. The van der Waals surface area contributed by atoms with Crippen LogP contribution in [0.2, 0.25) is 0 Å². The Hall–Kier alpha value is -2.20. The Bertz CT molecular complexity index is 701. The summed E-state index contributed by atoms with van der Waals surface area (Å²) in [4.78, 5) is 0. The van der Waals surface area contributed by atoms with Crippen molar-refractivity contribution < 1.29 is 14.9 Å². The maximum atomic E-state index is 9.43. The first-order valence-electron chi connectivity index (χ1n) is 5.83. The molecule has 2 N–H and O–H groups in total. The Balaban J connectivity index is 1.80. The highest BCUT2D eigenvalue weighted by molar-refractivity contribution is 7.17. The molecule has 0 amide bonds. The fourth-order valence-corrected chi connectivity index (χ4v) is 2.87. The van der Waals surface area contributed by atoms with E-state index in [0.717, 1.165) is 21.4 Å². The van der Waals surface area contributed by atoms with Gasteiger partial charge in [-0.1, -0.05) is 0 Å². The third kappa shape index (κ3) is 2.48. The van der Waals surface area contributed by atoms with Crippen molar-refractivity contribution in [3.05, 3.63) is 53.4 Å². The molecule has 0 aliphatic rings. The highest BCUT2D eigenvalue weighted by atomic mass is 32.1. The van der Waals surface area contributed by atoms with Crippen LogP contribution < -0.4 is 4.74 Å². The largest absolute Gasteiger partial charge is 0.508 e. The van der Waals surface area contributed by atoms with Crippen molar-refractivity contribution in [3.63, 3.8) is 0 Å². The molecule has 4 heteroatoms. The molecule has 0 radical (unpaired) electrons. The van der Waals surface area contributed by atoms with Gasteiger partial charge in [0.15, 0.2) is 0 Å². The summed E-state index contributed by atoms with van der Waals surface area (Å²) >= 11 is 1.59. The number of ether oxygens (including phenoxy) is 1. The van der Waals surface area contributed by atoms with Gasteiger partial charge in [-0.05, 0) is 53.2 Å². The first kappa shape index (κ1) is 11.9. The lowest BCUT2D eigenvalue weighted by atomic mass is 10.2. The number of fused-ring (bicyclic) bond motifs is 1. The third-order valence-electron chi connectivity index (χ3n) is 2.87. The van der Waals surface area contributed by atoms with Gasteiger partial charge in [0.05, 0.1) is 0 Å². The van der Waals surface area contributed by atoms with Crippen LogP contribution in [0.25, 0.3) is 10.1 Å². The summed E-state index contributed by atoms with van der Waals surface area (Å²) in [5.41, 5.74) is 1.09. The second-order valence-corrected chi connectivity index (χ2v) is 5.14. The summed E-state index contributed by atoms with van der Waals surface area (Å²) in [5.74, 6) is 1.22. The van der Waals surface area contributed by atoms with Crippen LogP contribution in [0.1, 0.15) is 5.56 Å². The fourth-order valence-electron chi connectivity index (χ4n) is 1.89. The van der Waals surface area contributed by atoms with Crippen LogP contribution in [-0.4, -0.2) is 10.2 Å². The number of hydrogen-bond donors (Lipinski definition) is 2. The molecule has 0 bridgehead atoms. The van der Waals surface area contributed by atoms with E-state index in [4.69, 9.17) is 4.74 Å². The van der Waals surface area contributed by atoms with Crippen molar-refractivity contribution in [2.24, 2.45) is 0 Å². The van der Waals surface area contributed by atoms with Gasteiger partial charge in [-0.25, -0.2) is 0 Å². The average Bonchev–Trinajstić information content (AvgIpc) is 2.80. The van der Waals surface area contributed by atoms with Gasteiger partial charge >= 0.3 is 0 Å². The Labute approximate surface area is 114 Å². The van der Waals surface area contributed by atoms with Crippen LogP contribution in [0.5, 0.6) is 17.2 Å². The zero-order chi connectivity index (χ0) is 13.2. The van der Waals surface area contributed by atoms with Crippen LogP contribution >= 0.6 is 11.3 Å². The lowest BCUT2D eigenvalue weighted by Crippen LogP contribution is -1.93. The molecule has 0 fully saturated rings. The first-order valence-corrected chi connectivity index (χ1v) is 6.71. The molecule has 0 atom stereocenters. The van der Waals surface area contributed by atoms with Crippen molar-refractivity contribution in [3.8, 4) is 17.2 Å². The monoisotopic (exact) mass is 272 g/mol. The third-order valence-corrected chi connectivity index (χ3v) is 3.86. The van der Waals surface area contributed by atoms with Crippen molar-refractivity contribution in [1.29, 1.82) is 0 Å². The molecule has 0 aliphatic heterocycles. The molecule has 1 heterocycles. The van der Waals surface area contributed by atoms with Crippen molar-refractivity contribution in [2.75, 3.05) is 0 Å². The van der Waals surface area contributed by atoms with E-state index in [0.29, 0.717) is 6.61 Å². The van der Waals surface area contributed by atoms with Gasteiger partial charge in [0.1, 0.15) is 23.9 Å². The van der Waals surface area contributed by atoms with Crippen molar-refractivity contribution in [2.45, 2.75) is 6.61 Å². The molecule has 1 aromatic heterocycles. The van der Waals surface area contributed by atoms with Gasteiger partial charge in [-0.3, -0.25) is 0 Å². The molecule has 0 saturated carbocycles. The molecule has 19 heavy (non-hydrogen) atoms. The normalized spacial score (nSPS) is 10.7. The molecule has 0 aliphatic carbocycles. The summed E-state index contributed by atoms with van der Waals surface area (Å²) in [5, 5.41) is 21.8. The predicted octanol–water partition coefficient (Wildman–Crippen LogP) is 3.89. The summed E-state index contributed by atoms with van der Waals surface area (Å²) in [6.45, 7) is 0.468. The van der Waals surface area contributed by atoms with E-state index in [-0.39, 0.29) is 11.5 Å². The molecule has 3 rings (SSSR count). The molecule has 3 nitrogen and oxygen atoms in total. The molecule has 0 spiro atoms. The van der Waals surface area contributed by atoms with Gasteiger partial charge in [0.2, 0.25) is 0 Å². The van der Waals surface area contributed by atoms with Crippen molar-refractivity contribution >= 4 is 21.4 Å². The maximum absolute atomic E-state index is 9.43. The number of thiophene rings is 1. The first-order chi connectivity index (χ1) is 9.22. The van der Waals surface area contributed by atoms with Crippen LogP contribution in [0.4, 0.5) is 0 Å². The topological polar surface area (TPSA) is 49.7 Å². The van der Waals surface area contributed by atoms with Crippen LogP contribution in [0.15, 0.2) is 47.8 Å². The number of hydrogen-bond acceptors (Lipinski definition) is 4. The number of benzene rings is 2. The minimum absolute atomic E-state index is 0.226. The molecular weight excluding hydrogens is 260 g/mol. The second-order valence-electron chi connectivity index (χ2n) is 4.22. The SMILES string of the molecule is Oc1ccc(OCc2csc3cc(O)ccc23)cc1. The quantitative estimate of drug-likeness (QED) is 0.760. The van der Waals surface area contributed by atoms with Crippen LogP contribution in [0, 0.1) is 0 Å². The lowest BCUT2D eigenvalue weighted by Gasteiger charge is -2.05. The molecule has 96 valence electrons. The standard InChI is InChI=1S/C15H12O3S/c16-11-1-4-13(5-2-11)18-8-10-9-19-15-7-12(17)3-6-14(10)15/h1-7,9,16-17H,8H2. The van der Waals surface area contributed by atoms with Gasteiger partial charge in [-0.15, -0.1) is 11.3 Å². The lowest BCUT2D eigenvalue weighted by molar-refractivity contribution is 0.307. The van der Waals surface area contributed by atoms with E-state index >= 15 is 0 Å². The predicted molar refractivity (Wildman–Crippen MR) is 75.9 cm³/mol. The highest BCUT2D eigenvalue weighted by Crippen LogP contribution is 2.30. The Morgan fingerprint density at radius 3 is 2.47 bits per heavy atom. The van der Waals surface area contributed by atoms with Crippen LogP contribution in [-0.2, 0) is 6.61 Å². The van der Waals surface area contributed by atoms with Crippen LogP contribution in [0.3, 0.4) is 0 Å². The van der Waals surface area contributed by atoms with Gasteiger partial charge in [-0.2, -0.15) is 0 Å². The van der Waals surface area contributed by atoms with Gasteiger partial charge < -0.3 is 14.9 Å². The Morgan fingerprint density at radius 2 is 1.68 bits per heavy atom. The molecule has 3 aromatic rings. The summed E-state index contributed by atoms with van der Waals surface area (Å²) in [7, 11) is 0. The Kier molecular flexibility index (Phi) is 3.01. The second kappa shape index (κ2) is 4.82. The zero-order valence-electron chi connectivity index (χ0n) is 10.0. The van der Waals surface area contributed by atoms with E-state index in [1.54, 1.807) is 47.7 Å². The maximum Gasteiger partial charge on any atom is 0.120 e. The minimum Gasteiger partial charge on any atom is -0.508 e. The molecular formula is C15H12O3S.